The van der Waals surface area contributed by atoms with E-state index in [-0.39, 0.29) is 5.91 Å². The van der Waals surface area contributed by atoms with E-state index in [9.17, 15) is 4.79 Å². The molecule has 0 bridgehead atoms. The lowest BCUT2D eigenvalue weighted by Gasteiger charge is -2.39. The maximum atomic E-state index is 12.1. The number of benzene rings is 1. The lowest BCUT2D eigenvalue weighted by molar-refractivity contribution is 0.0596. The number of nitrogens with one attached hydrogen (secondary N) is 1. The van der Waals surface area contributed by atoms with Crippen molar-refractivity contribution in [3.05, 3.63) is 53.3 Å². The molecule has 18 heavy (non-hydrogen) atoms. The summed E-state index contributed by atoms with van der Waals surface area (Å²) in [6, 6.07) is 12.1. The Morgan fingerprint density at radius 2 is 2.06 bits per heavy atom. The van der Waals surface area contributed by atoms with Gasteiger partial charge < -0.3 is 4.90 Å². The van der Waals surface area contributed by atoms with Crippen LogP contribution in [-0.4, -0.2) is 34.1 Å². The van der Waals surface area contributed by atoms with Gasteiger partial charge in [-0.2, -0.15) is 5.10 Å². The first-order valence-corrected chi connectivity index (χ1v) is 6.10. The first-order valence-electron chi connectivity index (χ1n) is 6.10. The number of rotatable bonds is 2. The Balaban J connectivity index is 1.64. The molecule has 1 N–H and O–H groups in total. The van der Waals surface area contributed by atoms with Gasteiger partial charge in [0, 0.05) is 24.7 Å². The first kappa shape index (κ1) is 11.0. The fraction of sp³-hybridized carbons (Fsp3) is 0.286. The van der Waals surface area contributed by atoms with Crippen molar-refractivity contribution in [2.24, 2.45) is 0 Å². The van der Waals surface area contributed by atoms with Gasteiger partial charge in [-0.25, -0.2) is 0 Å². The highest BCUT2D eigenvalue weighted by Crippen LogP contribution is 2.27. The molecular formula is C14H15N3O. The van der Waals surface area contributed by atoms with Gasteiger partial charge in [0.2, 0.25) is 0 Å². The average Bonchev–Trinajstić information content (AvgIpc) is 2.75. The van der Waals surface area contributed by atoms with Crippen molar-refractivity contribution in [2.75, 3.05) is 13.1 Å². The number of aromatic nitrogens is 2. The molecule has 0 atom stereocenters. The standard InChI is InChI=1S/C14H15N3O/c1-10-7-13(16-15-10)14(18)17-8-12(9-17)11-5-3-2-4-6-11/h2-7,12H,8-9H2,1H3,(H,15,16). The molecule has 1 aliphatic heterocycles. The summed E-state index contributed by atoms with van der Waals surface area (Å²) < 4.78 is 0. The van der Waals surface area contributed by atoms with Crippen molar-refractivity contribution < 1.29 is 4.79 Å². The quantitative estimate of drug-likeness (QED) is 0.873. The Morgan fingerprint density at radius 1 is 1.33 bits per heavy atom. The number of aromatic amines is 1. The van der Waals surface area contributed by atoms with E-state index in [1.54, 1.807) is 6.07 Å². The van der Waals surface area contributed by atoms with Gasteiger partial charge in [-0.05, 0) is 18.6 Å². The lowest BCUT2D eigenvalue weighted by atomic mass is 9.91. The van der Waals surface area contributed by atoms with Crippen molar-refractivity contribution in [3.63, 3.8) is 0 Å². The summed E-state index contributed by atoms with van der Waals surface area (Å²) in [4.78, 5) is 13.9. The molecule has 4 heteroatoms. The van der Waals surface area contributed by atoms with E-state index in [4.69, 9.17) is 0 Å². The van der Waals surface area contributed by atoms with Crippen LogP contribution in [0.1, 0.15) is 27.7 Å². The fourth-order valence-corrected chi connectivity index (χ4v) is 2.27. The van der Waals surface area contributed by atoms with Crippen LogP contribution in [0.15, 0.2) is 36.4 Å². The first-order chi connectivity index (χ1) is 8.74. The minimum Gasteiger partial charge on any atom is -0.336 e. The summed E-state index contributed by atoms with van der Waals surface area (Å²) in [7, 11) is 0. The molecule has 1 saturated heterocycles. The summed E-state index contributed by atoms with van der Waals surface area (Å²) in [6.45, 7) is 3.47. The number of likely N-dealkylation sites (tertiary alicyclic amines) is 1. The average molecular weight is 241 g/mol. The molecule has 92 valence electrons. The monoisotopic (exact) mass is 241 g/mol. The van der Waals surface area contributed by atoms with Crippen LogP contribution in [-0.2, 0) is 0 Å². The van der Waals surface area contributed by atoms with Crippen LogP contribution in [0, 0.1) is 6.92 Å². The van der Waals surface area contributed by atoms with Crippen molar-refractivity contribution >= 4 is 5.91 Å². The zero-order chi connectivity index (χ0) is 12.5. The highest BCUT2D eigenvalue weighted by molar-refractivity contribution is 5.93. The van der Waals surface area contributed by atoms with Crippen LogP contribution in [0.5, 0.6) is 0 Å². The normalized spacial score (nSPS) is 15.5. The van der Waals surface area contributed by atoms with Crippen molar-refractivity contribution in [3.8, 4) is 0 Å². The van der Waals surface area contributed by atoms with Crippen molar-refractivity contribution in [2.45, 2.75) is 12.8 Å². The van der Waals surface area contributed by atoms with Crippen LogP contribution in [0.4, 0.5) is 0 Å². The summed E-state index contributed by atoms with van der Waals surface area (Å²) in [6.07, 6.45) is 0. The number of carbonyl (C=O) groups excluding carboxylic acids is 1. The molecule has 1 aliphatic rings. The van der Waals surface area contributed by atoms with E-state index in [1.165, 1.54) is 5.56 Å². The van der Waals surface area contributed by atoms with Crippen LogP contribution in [0.3, 0.4) is 0 Å². The van der Waals surface area contributed by atoms with Gasteiger partial charge in [0.05, 0.1) is 0 Å². The number of aryl methyl sites for hydroxylation is 1. The minimum atomic E-state index is 0.0199. The van der Waals surface area contributed by atoms with Crippen molar-refractivity contribution in [1.82, 2.24) is 15.1 Å². The van der Waals surface area contributed by atoms with E-state index in [0.29, 0.717) is 11.6 Å². The molecule has 2 aromatic rings. The molecular weight excluding hydrogens is 226 g/mol. The summed E-state index contributed by atoms with van der Waals surface area (Å²) >= 11 is 0. The second kappa shape index (κ2) is 4.29. The Bertz CT molecular complexity index is 555. The molecule has 4 nitrogen and oxygen atoms in total. The molecule has 0 saturated carbocycles. The minimum absolute atomic E-state index is 0.0199. The fourth-order valence-electron chi connectivity index (χ4n) is 2.27. The third-order valence-corrected chi connectivity index (χ3v) is 3.36. The number of nitrogens with zero attached hydrogens (tertiary/aromatic N) is 2. The Hall–Kier alpha value is -2.10. The molecule has 1 aromatic heterocycles. The van der Waals surface area contributed by atoms with Crippen LogP contribution in [0.25, 0.3) is 0 Å². The van der Waals surface area contributed by atoms with Gasteiger partial charge in [-0.15, -0.1) is 0 Å². The number of carbonyl (C=O) groups is 1. The number of amides is 1. The topological polar surface area (TPSA) is 49.0 Å². The smallest absolute Gasteiger partial charge is 0.274 e. The molecule has 0 unspecified atom stereocenters. The largest absolute Gasteiger partial charge is 0.336 e. The molecule has 1 fully saturated rings. The Labute approximate surface area is 106 Å². The van der Waals surface area contributed by atoms with Crippen LogP contribution < -0.4 is 0 Å². The molecule has 1 aromatic carbocycles. The maximum absolute atomic E-state index is 12.1. The van der Waals surface area contributed by atoms with E-state index in [1.807, 2.05) is 30.0 Å². The molecule has 0 aliphatic carbocycles. The molecule has 2 heterocycles. The molecule has 3 rings (SSSR count). The third-order valence-electron chi connectivity index (χ3n) is 3.36. The molecule has 1 amide bonds. The maximum Gasteiger partial charge on any atom is 0.274 e. The van der Waals surface area contributed by atoms with E-state index in [0.717, 1.165) is 18.8 Å². The lowest BCUT2D eigenvalue weighted by Crippen LogP contribution is -2.48. The molecule has 0 radical (unpaired) electrons. The van der Waals surface area contributed by atoms with E-state index < -0.39 is 0 Å². The zero-order valence-corrected chi connectivity index (χ0v) is 10.3. The summed E-state index contributed by atoms with van der Waals surface area (Å²) in [5.74, 6) is 0.488. The third kappa shape index (κ3) is 1.90. The van der Waals surface area contributed by atoms with Gasteiger partial charge in [0.15, 0.2) is 0 Å². The highest BCUT2D eigenvalue weighted by atomic mass is 16.2. The Kier molecular flexibility index (Phi) is 2.63. The predicted molar refractivity (Wildman–Crippen MR) is 68.4 cm³/mol. The van der Waals surface area contributed by atoms with E-state index in [2.05, 4.69) is 22.3 Å². The number of hydrogen-bond acceptors (Lipinski definition) is 2. The van der Waals surface area contributed by atoms with Gasteiger partial charge in [0.25, 0.3) is 5.91 Å². The SMILES string of the molecule is Cc1cc(C(=O)N2CC(c3ccccc3)C2)n[nH]1. The van der Waals surface area contributed by atoms with Crippen LogP contribution in [0.2, 0.25) is 0 Å². The van der Waals surface area contributed by atoms with Crippen LogP contribution >= 0.6 is 0 Å². The Morgan fingerprint density at radius 3 is 2.67 bits per heavy atom. The summed E-state index contributed by atoms with van der Waals surface area (Å²) in [5, 5.41) is 6.80. The predicted octanol–water partition coefficient (Wildman–Crippen LogP) is 1.96. The number of H-pyrrole nitrogens is 1. The zero-order valence-electron chi connectivity index (χ0n) is 10.3. The van der Waals surface area contributed by atoms with Gasteiger partial charge >= 0.3 is 0 Å². The van der Waals surface area contributed by atoms with Gasteiger partial charge in [-0.1, -0.05) is 30.3 Å². The number of hydrogen-bond donors (Lipinski definition) is 1. The van der Waals surface area contributed by atoms with Gasteiger partial charge in [-0.3, -0.25) is 9.89 Å². The second-order valence-electron chi connectivity index (χ2n) is 4.75. The molecule has 0 spiro atoms. The van der Waals surface area contributed by atoms with Gasteiger partial charge in [0.1, 0.15) is 5.69 Å². The second-order valence-corrected chi connectivity index (χ2v) is 4.75. The van der Waals surface area contributed by atoms with E-state index >= 15 is 0 Å². The van der Waals surface area contributed by atoms with Crippen molar-refractivity contribution in [1.29, 1.82) is 0 Å². The highest BCUT2D eigenvalue weighted by Gasteiger charge is 2.32. The summed E-state index contributed by atoms with van der Waals surface area (Å²) in [5.41, 5.74) is 2.73.